The molecule has 0 atom stereocenters. The van der Waals surface area contributed by atoms with Gasteiger partial charge in [-0.05, 0) is 20.3 Å². The van der Waals surface area contributed by atoms with Crippen molar-refractivity contribution in [2.45, 2.75) is 33.6 Å². The molecule has 8 nitrogen and oxygen atoms in total. The van der Waals surface area contributed by atoms with Crippen molar-refractivity contribution in [3.8, 4) is 0 Å². The Morgan fingerprint density at radius 1 is 1.05 bits per heavy atom. The largest absolute Gasteiger partial charge is 0.424 e. The number of aliphatic hydroxyl groups is 2. The van der Waals surface area contributed by atoms with Gasteiger partial charge in [0.2, 0.25) is 0 Å². The Kier molecular flexibility index (Phi) is 25.1. The van der Waals surface area contributed by atoms with Crippen LogP contribution in [-0.2, 0) is 24.4 Å². The van der Waals surface area contributed by atoms with Gasteiger partial charge in [-0.2, -0.15) is 8.42 Å². The molecule has 0 rings (SSSR count). The molecular weight excluding hydrogens is 280 g/mol. The van der Waals surface area contributed by atoms with E-state index < -0.39 is 10.4 Å². The number of ether oxygens (including phenoxy) is 1. The predicted octanol–water partition coefficient (Wildman–Crippen LogP) is 0.551. The summed E-state index contributed by atoms with van der Waals surface area (Å²) in [5, 5.41) is 15.8. The monoisotopic (exact) mass is 306 g/mol. The highest BCUT2D eigenvalue weighted by atomic mass is 32.3. The maximum atomic E-state index is 9.60. The first kappa shape index (κ1) is 23.8. The molecule has 0 bridgehead atoms. The molecule has 0 radical (unpaired) electrons. The summed E-state index contributed by atoms with van der Waals surface area (Å²) in [7, 11) is -4.41. The van der Waals surface area contributed by atoms with Crippen LogP contribution >= 0.6 is 0 Å². The summed E-state index contributed by atoms with van der Waals surface area (Å²) in [5.74, 6) is 0. The molecule has 0 heterocycles. The lowest BCUT2D eigenvalue weighted by Crippen LogP contribution is -2.03. The molecule has 0 aliphatic heterocycles. The zero-order valence-corrected chi connectivity index (χ0v) is 12.6. The van der Waals surface area contributed by atoms with Crippen molar-refractivity contribution in [3.05, 3.63) is 0 Å². The minimum Gasteiger partial charge on any atom is -0.397 e. The summed E-state index contributed by atoms with van der Waals surface area (Å²) < 4.78 is 35.4. The molecule has 0 unspecified atom stereocenters. The molecular formula is C10H26O8S. The second-order valence-corrected chi connectivity index (χ2v) is 3.90. The third-order valence-corrected chi connectivity index (χ3v) is 1.40. The molecule has 120 valence electrons. The van der Waals surface area contributed by atoms with Crippen molar-refractivity contribution >= 4 is 10.4 Å². The third kappa shape index (κ3) is 46.4. The summed E-state index contributed by atoms with van der Waals surface area (Å²) in [5.41, 5.74) is 0. The fourth-order valence-electron chi connectivity index (χ4n) is 0.522. The quantitative estimate of drug-likeness (QED) is 0.257. The first-order chi connectivity index (χ1) is 8.89. The lowest BCUT2D eigenvalue weighted by molar-refractivity contribution is -0.203. The maximum Gasteiger partial charge on any atom is 0.424 e. The molecule has 3 N–H and O–H groups in total. The minimum absolute atomic E-state index is 0.0692. The Balaban J connectivity index is -0.000000224. The molecule has 0 saturated carbocycles. The summed E-state index contributed by atoms with van der Waals surface area (Å²) in [4.78, 5) is 3.86. The second-order valence-electron chi connectivity index (χ2n) is 2.91. The summed E-state index contributed by atoms with van der Waals surface area (Å²) in [6.07, 6.45) is 2.26. The Hall–Kier alpha value is -0.290. The van der Waals surface area contributed by atoms with E-state index in [1.165, 1.54) is 6.92 Å². The first-order valence-corrected chi connectivity index (χ1v) is 7.33. The van der Waals surface area contributed by atoms with Crippen LogP contribution in [0.2, 0.25) is 0 Å². The van der Waals surface area contributed by atoms with Crippen LogP contribution in [0.15, 0.2) is 0 Å². The van der Waals surface area contributed by atoms with Gasteiger partial charge in [-0.25, -0.2) is 4.89 Å². The van der Waals surface area contributed by atoms with Gasteiger partial charge in [0.05, 0.1) is 19.8 Å². The Morgan fingerprint density at radius 2 is 1.58 bits per heavy atom. The molecule has 0 aromatic carbocycles. The highest BCUT2D eigenvalue weighted by molar-refractivity contribution is 7.80. The van der Waals surface area contributed by atoms with E-state index >= 15 is 0 Å². The molecule has 0 aliphatic carbocycles. The van der Waals surface area contributed by atoms with Gasteiger partial charge >= 0.3 is 10.4 Å². The van der Waals surface area contributed by atoms with E-state index in [0.717, 1.165) is 19.4 Å². The number of aliphatic hydroxyl groups excluding tert-OH is 2. The number of unbranched alkanes of at least 4 members (excludes halogenated alkanes) is 1. The second kappa shape index (κ2) is 20.0. The molecule has 0 spiro atoms. The van der Waals surface area contributed by atoms with Gasteiger partial charge < -0.3 is 14.9 Å². The normalized spacial score (nSPS) is 10.0. The Bertz CT molecular complexity index is 224. The molecule has 0 saturated heterocycles. The van der Waals surface area contributed by atoms with Crippen LogP contribution in [0.1, 0.15) is 33.6 Å². The van der Waals surface area contributed by atoms with E-state index in [1.807, 2.05) is 0 Å². The van der Waals surface area contributed by atoms with Crippen molar-refractivity contribution in [1.82, 2.24) is 0 Å². The van der Waals surface area contributed by atoms with Crippen molar-refractivity contribution in [1.29, 1.82) is 0 Å². The van der Waals surface area contributed by atoms with Crippen LogP contribution in [0.5, 0.6) is 0 Å². The zero-order chi connectivity index (χ0) is 15.6. The van der Waals surface area contributed by atoms with Crippen LogP contribution in [-0.4, -0.2) is 56.2 Å². The molecule has 0 aromatic heterocycles. The van der Waals surface area contributed by atoms with E-state index in [2.05, 4.69) is 16.1 Å². The summed E-state index contributed by atoms with van der Waals surface area (Å²) in [6.45, 7) is 7.05. The highest BCUT2D eigenvalue weighted by Gasteiger charge is 2.02. The maximum absolute atomic E-state index is 9.60. The first-order valence-electron chi connectivity index (χ1n) is 5.97. The van der Waals surface area contributed by atoms with Gasteiger partial charge in [0.15, 0.2) is 0 Å². The van der Waals surface area contributed by atoms with E-state index in [1.54, 1.807) is 6.92 Å². The van der Waals surface area contributed by atoms with Crippen LogP contribution < -0.4 is 0 Å². The van der Waals surface area contributed by atoms with Gasteiger partial charge in [0.25, 0.3) is 0 Å². The predicted molar refractivity (Wildman–Crippen MR) is 69.8 cm³/mol. The van der Waals surface area contributed by atoms with Crippen molar-refractivity contribution in [3.63, 3.8) is 0 Å². The average molecular weight is 306 g/mol. The van der Waals surface area contributed by atoms with Crippen LogP contribution in [0, 0.1) is 0 Å². The molecule has 9 heteroatoms. The van der Waals surface area contributed by atoms with E-state index in [0.29, 0.717) is 6.61 Å². The summed E-state index contributed by atoms with van der Waals surface area (Å²) in [6, 6.07) is 0. The minimum atomic E-state index is -4.41. The van der Waals surface area contributed by atoms with Gasteiger partial charge in [0, 0.05) is 13.2 Å². The van der Waals surface area contributed by atoms with Gasteiger partial charge in [-0.3, -0.25) is 4.55 Å². The zero-order valence-electron chi connectivity index (χ0n) is 11.7. The van der Waals surface area contributed by atoms with Gasteiger partial charge in [0.1, 0.15) is 0 Å². The van der Waals surface area contributed by atoms with Gasteiger partial charge in [-0.15, -0.1) is 0 Å². The summed E-state index contributed by atoms with van der Waals surface area (Å²) >= 11 is 0. The average Bonchev–Trinajstić information content (AvgIpc) is 2.33. The fourth-order valence-corrected chi connectivity index (χ4v) is 0.740. The number of hydrogen-bond donors (Lipinski definition) is 3. The van der Waals surface area contributed by atoms with Crippen LogP contribution in [0.3, 0.4) is 0 Å². The number of rotatable bonds is 8. The lowest BCUT2D eigenvalue weighted by Gasteiger charge is -1.97. The third-order valence-electron chi connectivity index (χ3n) is 1.13. The molecule has 19 heavy (non-hydrogen) atoms. The molecule has 0 aromatic rings. The van der Waals surface area contributed by atoms with E-state index in [-0.39, 0.29) is 19.8 Å². The van der Waals surface area contributed by atoms with Crippen LogP contribution in [0.4, 0.5) is 0 Å². The lowest BCUT2D eigenvalue weighted by atomic mass is 10.4. The van der Waals surface area contributed by atoms with E-state index in [4.69, 9.17) is 19.5 Å². The topological polar surface area (TPSA) is 123 Å². The van der Waals surface area contributed by atoms with Crippen molar-refractivity contribution < 1.29 is 37.1 Å². The standard InChI is InChI=1S/C6H14O2.C2H6O5S.C2H6O/c1-2-3-5-8-6-4-7;1-2-6-7-8(3,4)5;1-2-3/h7H,2-6H2,1H3;2H2,1H3,(H,3,4,5);3H,2H2,1H3. The smallest absolute Gasteiger partial charge is 0.397 e. The van der Waals surface area contributed by atoms with E-state index in [9.17, 15) is 8.42 Å². The highest BCUT2D eigenvalue weighted by Crippen LogP contribution is 1.86. The Labute approximate surface area is 115 Å². The molecule has 0 fully saturated rings. The molecule has 0 aliphatic rings. The Morgan fingerprint density at radius 3 is 1.84 bits per heavy atom. The van der Waals surface area contributed by atoms with Crippen molar-refractivity contribution in [2.24, 2.45) is 0 Å². The fraction of sp³-hybridized carbons (Fsp3) is 1.00. The number of hydrogen-bond acceptors (Lipinski definition) is 7. The van der Waals surface area contributed by atoms with Crippen molar-refractivity contribution in [2.75, 3.05) is 33.0 Å². The van der Waals surface area contributed by atoms with Crippen LogP contribution in [0.25, 0.3) is 0 Å². The SMILES string of the molecule is CCCCOCCO.CCO.CCOOS(=O)(=O)O. The van der Waals surface area contributed by atoms with Gasteiger partial charge in [-0.1, -0.05) is 17.7 Å². The molecule has 0 amide bonds.